The van der Waals surface area contributed by atoms with E-state index in [2.05, 4.69) is 0 Å². The molecule has 14 heavy (non-hydrogen) atoms. The quantitative estimate of drug-likeness (QED) is 0.749. The van der Waals surface area contributed by atoms with Crippen molar-refractivity contribution in [3.63, 3.8) is 0 Å². The van der Waals surface area contributed by atoms with Crippen LogP contribution in [0.2, 0.25) is 0 Å². The Labute approximate surface area is 80.2 Å². The zero-order valence-corrected chi connectivity index (χ0v) is 7.73. The van der Waals surface area contributed by atoms with Crippen LogP contribution in [0, 0.1) is 17.5 Å². The molecule has 0 unspecified atom stereocenters. The summed E-state index contributed by atoms with van der Waals surface area (Å²) in [6.45, 7) is 1.51. The van der Waals surface area contributed by atoms with E-state index in [9.17, 15) is 13.2 Å². The molecule has 1 nitrogen and oxygen atoms in total. The van der Waals surface area contributed by atoms with Crippen molar-refractivity contribution in [2.45, 2.75) is 25.9 Å². The lowest BCUT2D eigenvalue weighted by molar-refractivity contribution is 0.184. The number of aliphatic hydroxyl groups is 1. The van der Waals surface area contributed by atoms with Crippen LogP contribution in [-0.2, 0) is 6.42 Å². The lowest BCUT2D eigenvalue weighted by Gasteiger charge is -2.06. The Morgan fingerprint density at radius 2 is 1.79 bits per heavy atom. The van der Waals surface area contributed by atoms with Gasteiger partial charge in [-0.2, -0.15) is 0 Å². The number of benzene rings is 1. The summed E-state index contributed by atoms with van der Waals surface area (Å²) in [5, 5.41) is 8.93. The minimum Gasteiger partial charge on any atom is -0.393 e. The molecule has 1 N–H and O–H groups in total. The van der Waals surface area contributed by atoms with E-state index >= 15 is 0 Å². The van der Waals surface area contributed by atoms with E-state index < -0.39 is 23.6 Å². The van der Waals surface area contributed by atoms with Crippen molar-refractivity contribution in [1.82, 2.24) is 0 Å². The van der Waals surface area contributed by atoms with Crippen LogP contribution < -0.4 is 0 Å². The van der Waals surface area contributed by atoms with Gasteiger partial charge in [0.1, 0.15) is 5.82 Å². The van der Waals surface area contributed by atoms with Crippen LogP contribution in [0.25, 0.3) is 0 Å². The molecule has 0 aromatic heterocycles. The van der Waals surface area contributed by atoms with Gasteiger partial charge in [0.25, 0.3) is 0 Å². The average molecular weight is 204 g/mol. The molecule has 1 aromatic carbocycles. The molecule has 0 aliphatic carbocycles. The Bertz CT molecular complexity index is 323. The fourth-order valence-electron chi connectivity index (χ4n) is 1.15. The van der Waals surface area contributed by atoms with Gasteiger partial charge in [-0.25, -0.2) is 13.2 Å². The van der Waals surface area contributed by atoms with Crippen LogP contribution in [0.5, 0.6) is 0 Å². The highest BCUT2D eigenvalue weighted by atomic mass is 19.2. The molecular formula is C10H11F3O. The highest BCUT2D eigenvalue weighted by molar-refractivity contribution is 5.21. The second kappa shape index (κ2) is 4.46. The van der Waals surface area contributed by atoms with Gasteiger partial charge in [0.2, 0.25) is 0 Å². The zero-order valence-electron chi connectivity index (χ0n) is 7.73. The maximum Gasteiger partial charge on any atom is 0.164 e. The fraction of sp³-hybridized carbons (Fsp3) is 0.400. The predicted octanol–water partition coefficient (Wildman–Crippen LogP) is 2.42. The molecule has 1 aromatic rings. The summed E-state index contributed by atoms with van der Waals surface area (Å²) in [6, 6.07) is 1.63. The van der Waals surface area contributed by atoms with Crippen molar-refractivity contribution in [3.8, 4) is 0 Å². The van der Waals surface area contributed by atoms with E-state index in [0.29, 0.717) is 0 Å². The average Bonchev–Trinajstić information content (AvgIpc) is 2.11. The fourth-order valence-corrected chi connectivity index (χ4v) is 1.15. The van der Waals surface area contributed by atoms with E-state index in [-0.39, 0.29) is 18.4 Å². The highest BCUT2D eigenvalue weighted by Crippen LogP contribution is 2.17. The molecule has 0 saturated heterocycles. The van der Waals surface area contributed by atoms with Gasteiger partial charge >= 0.3 is 0 Å². The first kappa shape index (κ1) is 11.0. The summed E-state index contributed by atoms with van der Waals surface area (Å²) >= 11 is 0. The molecule has 0 aliphatic heterocycles. The largest absolute Gasteiger partial charge is 0.393 e. The third-order valence-electron chi connectivity index (χ3n) is 1.95. The van der Waals surface area contributed by atoms with Crippen LogP contribution >= 0.6 is 0 Å². The molecule has 1 rings (SSSR count). The van der Waals surface area contributed by atoms with Gasteiger partial charge in [0.05, 0.1) is 6.10 Å². The van der Waals surface area contributed by atoms with Gasteiger partial charge in [-0.1, -0.05) is 0 Å². The van der Waals surface area contributed by atoms with Crippen LogP contribution in [0.15, 0.2) is 12.1 Å². The number of aliphatic hydroxyl groups excluding tert-OH is 1. The maximum atomic E-state index is 13.0. The van der Waals surface area contributed by atoms with Crippen molar-refractivity contribution in [2.75, 3.05) is 0 Å². The number of hydrogen-bond acceptors (Lipinski definition) is 1. The summed E-state index contributed by atoms with van der Waals surface area (Å²) in [6.07, 6.45) is -0.457. The maximum absolute atomic E-state index is 13.0. The Balaban J connectivity index is 2.89. The molecule has 1 atom stereocenters. The van der Waals surface area contributed by atoms with E-state index in [1.54, 1.807) is 0 Å². The SMILES string of the molecule is C[C@@H](O)CCc1c(F)ccc(F)c1F. The first-order valence-electron chi connectivity index (χ1n) is 4.32. The van der Waals surface area contributed by atoms with Crippen LogP contribution in [0.3, 0.4) is 0 Å². The van der Waals surface area contributed by atoms with Gasteiger partial charge in [-0.3, -0.25) is 0 Å². The normalized spacial score (nSPS) is 12.9. The molecule has 0 spiro atoms. The monoisotopic (exact) mass is 204 g/mol. The Kier molecular flexibility index (Phi) is 3.52. The molecular weight excluding hydrogens is 193 g/mol. The van der Waals surface area contributed by atoms with Crippen LogP contribution in [0.4, 0.5) is 13.2 Å². The summed E-state index contributed by atoms with van der Waals surface area (Å²) in [5.74, 6) is -3.00. The van der Waals surface area contributed by atoms with Crippen LogP contribution in [0.1, 0.15) is 18.9 Å². The molecule has 78 valence electrons. The molecule has 0 bridgehead atoms. The molecule has 0 radical (unpaired) electrons. The molecule has 0 saturated carbocycles. The smallest absolute Gasteiger partial charge is 0.164 e. The van der Waals surface area contributed by atoms with E-state index in [0.717, 1.165) is 12.1 Å². The molecule has 4 heteroatoms. The number of hydrogen-bond donors (Lipinski definition) is 1. The summed E-state index contributed by atoms with van der Waals surface area (Å²) < 4.78 is 38.7. The lowest BCUT2D eigenvalue weighted by atomic mass is 10.1. The Morgan fingerprint density at radius 1 is 1.21 bits per heavy atom. The summed E-state index contributed by atoms with van der Waals surface area (Å²) in [5.41, 5.74) is -0.300. The summed E-state index contributed by atoms with van der Waals surface area (Å²) in [7, 11) is 0. The van der Waals surface area contributed by atoms with Gasteiger partial charge < -0.3 is 5.11 Å². The standard InChI is InChI=1S/C10H11F3O/c1-6(14)2-3-7-8(11)4-5-9(12)10(7)13/h4-6,14H,2-3H2,1H3/t6-/m1/s1. The van der Waals surface area contributed by atoms with Crippen LogP contribution in [-0.4, -0.2) is 11.2 Å². The van der Waals surface area contributed by atoms with Crippen molar-refractivity contribution in [2.24, 2.45) is 0 Å². The minimum atomic E-state index is -1.16. The van der Waals surface area contributed by atoms with Gasteiger partial charge in [0.15, 0.2) is 11.6 Å². The topological polar surface area (TPSA) is 20.2 Å². The predicted molar refractivity (Wildman–Crippen MR) is 46.3 cm³/mol. The molecule has 0 aliphatic rings. The minimum absolute atomic E-state index is 0.00685. The molecule has 0 heterocycles. The van der Waals surface area contributed by atoms with Crippen molar-refractivity contribution in [3.05, 3.63) is 35.1 Å². The number of halogens is 3. The number of rotatable bonds is 3. The van der Waals surface area contributed by atoms with Gasteiger partial charge in [-0.05, 0) is 31.9 Å². The summed E-state index contributed by atoms with van der Waals surface area (Å²) in [4.78, 5) is 0. The lowest BCUT2D eigenvalue weighted by Crippen LogP contribution is -2.05. The van der Waals surface area contributed by atoms with Gasteiger partial charge in [-0.15, -0.1) is 0 Å². The third kappa shape index (κ3) is 2.48. The molecule has 0 amide bonds. The van der Waals surface area contributed by atoms with Crippen molar-refractivity contribution >= 4 is 0 Å². The van der Waals surface area contributed by atoms with Crippen molar-refractivity contribution < 1.29 is 18.3 Å². The first-order chi connectivity index (χ1) is 6.52. The third-order valence-corrected chi connectivity index (χ3v) is 1.95. The van der Waals surface area contributed by atoms with Crippen molar-refractivity contribution in [1.29, 1.82) is 0 Å². The second-order valence-corrected chi connectivity index (χ2v) is 3.21. The Hall–Kier alpha value is -1.03. The first-order valence-corrected chi connectivity index (χ1v) is 4.32. The second-order valence-electron chi connectivity index (χ2n) is 3.21. The molecule has 0 fully saturated rings. The zero-order chi connectivity index (χ0) is 10.7. The highest BCUT2D eigenvalue weighted by Gasteiger charge is 2.13. The van der Waals surface area contributed by atoms with E-state index in [1.165, 1.54) is 6.92 Å². The Morgan fingerprint density at radius 3 is 2.36 bits per heavy atom. The van der Waals surface area contributed by atoms with E-state index in [4.69, 9.17) is 5.11 Å². The van der Waals surface area contributed by atoms with E-state index in [1.807, 2.05) is 0 Å². The van der Waals surface area contributed by atoms with Gasteiger partial charge in [0, 0.05) is 5.56 Å².